The van der Waals surface area contributed by atoms with Crippen LogP contribution in [0, 0.1) is 5.41 Å². The van der Waals surface area contributed by atoms with Crippen molar-refractivity contribution >= 4 is 17.7 Å². The molecule has 0 aromatic heterocycles. The summed E-state index contributed by atoms with van der Waals surface area (Å²) in [5.74, 6) is 0.0160. The summed E-state index contributed by atoms with van der Waals surface area (Å²) in [5.41, 5.74) is 2.77. The zero-order valence-corrected chi connectivity index (χ0v) is 15.7. The monoisotopic (exact) mass is 355 g/mol. The smallest absolute Gasteiger partial charge is 0.253 e. The first-order valence-corrected chi connectivity index (χ1v) is 9.90. The zero-order valence-electron chi connectivity index (χ0n) is 14.9. The number of hydrogen-bond acceptors (Lipinski definition) is 3. The molecule has 25 heavy (non-hydrogen) atoms. The number of carbonyl (C=O) groups excluding carboxylic acids is 1. The van der Waals surface area contributed by atoms with Crippen molar-refractivity contribution in [3.8, 4) is 11.1 Å². The van der Waals surface area contributed by atoms with Crippen molar-refractivity contribution in [3.05, 3.63) is 54.1 Å². The number of aliphatic hydroxyl groups is 1. The van der Waals surface area contributed by atoms with Crippen molar-refractivity contribution < 1.29 is 9.90 Å². The first kappa shape index (κ1) is 18.0. The van der Waals surface area contributed by atoms with Gasteiger partial charge in [0.2, 0.25) is 0 Å². The molecule has 1 saturated carbocycles. The highest BCUT2D eigenvalue weighted by molar-refractivity contribution is 7.98. The maximum atomic E-state index is 12.8. The summed E-state index contributed by atoms with van der Waals surface area (Å²) in [6.45, 7) is 0.779. The molecule has 0 heterocycles. The van der Waals surface area contributed by atoms with Gasteiger partial charge in [-0.1, -0.05) is 30.7 Å². The van der Waals surface area contributed by atoms with Gasteiger partial charge in [0.15, 0.2) is 0 Å². The van der Waals surface area contributed by atoms with E-state index in [1.165, 1.54) is 4.90 Å². The zero-order chi connectivity index (χ0) is 17.9. The Bertz CT molecular complexity index is 732. The normalized spacial score (nSPS) is 15.5. The lowest BCUT2D eigenvalue weighted by atomic mass is 9.69. The minimum Gasteiger partial charge on any atom is -0.396 e. The second-order valence-corrected chi connectivity index (χ2v) is 7.86. The highest BCUT2D eigenvalue weighted by Crippen LogP contribution is 2.41. The maximum Gasteiger partial charge on any atom is 0.253 e. The molecule has 1 aliphatic rings. The van der Waals surface area contributed by atoms with Crippen LogP contribution < -0.4 is 0 Å². The molecule has 1 fully saturated rings. The molecule has 1 aliphatic carbocycles. The third-order valence-electron chi connectivity index (χ3n) is 5.20. The largest absolute Gasteiger partial charge is 0.396 e. The lowest BCUT2D eigenvalue weighted by Gasteiger charge is -2.42. The van der Waals surface area contributed by atoms with Gasteiger partial charge in [0, 0.05) is 29.5 Å². The minimum atomic E-state index is -0.0876. The van der Waals surface area contributed by atoms with Crippen LogP contribution in [0.25, 0.3) is 11.1 Å². The molecule has 0 spiro atoms. The fourth-order valence-corrected chi connectivity index (χ4v) is 3.86. The van der Waals surface area contributed by atoms with E-state index in [1.54, 1.807) is 16.7 Å². The van der Waals surface area contributed by atoms with Crippen LogP contribution in [0.5, 0.6) is 0 Å². The summed E-state index contributed by atoms with van der Waals surface area (Å²) >= 11 is 1.72. The summed E-state index contributed by atoms with van der Waals surface area (Å²) < 4.78 is 0. The van der Waals surface area contributed by atoms with Crippen molar-refractivity contribution in [1.29, 1.82) is 0 Å². The molecule has 4 heteroatoms. The van der Waals surface area contributed by atoms with E-state index >= 15 is 0 Å². The first-order valence-electron chi connectivity index (χ1n) is 8.68. The highest BCUT2D eigenvalue weighted by atomic mass is 32.2. The molecule has 0 unspecified atom stereocenters. The summed E-state index contributed by atoms with van der Waals surface area (Å²) in [5, 5.41) is 9.63. The molecule has 2 aromatic carbocycles. The molecular weight excluding hydrogens is 330 g/mol. The van der Waals surface area contributed by atoms with Crippen LogP contribution in [-0.4, -0.2) is 42.4 Å². The van der Waals surface area contributed by atoms with Crippen LogP contribution in [0.1, 0.15) is 29.6 Å². The van der Waals surface area contributed by atoms with Gasteiger partial charge in [-0.05, 0) is 54.5 Å². The molecule has 0 bridgehead atoms. The van der Waals surface area contributed by atoms with E-state index < -0.39 is 0 Å². The Kier molecular flexibility index (Phi) is 5.50. The molecule has 0 radical (unpaired) electrons. The lowest BCUT2D eigenvalue weighted by Crippen LogP contribution is -2.45. The van der Waals surface area contributed by atoms with E-state index in [0.717, 1.165) is 30.4 Å². The standard InChI is InChI=1S/C21H25NO2S/c1-22(14-21(15-23)11-4-12-21)20(24)18-6-3-5-17(13-18)16-7-9-19(25-2)10-8-16/h3,5-10,13,23H,4,11-12,14-15H2,1-2H3. The van der Waals surface area contributed by atoms with Crippen molar-refractivity contribution in [2.24, 2.45) is 5.41 Å². The number of hydrogen-bond donors (Lipinski definition) is 1. The number of rotatable bonds is 6. The fraction of sp³-hybridized carbons (Fsp3) is 0.381. The third kappa shape index (κ3) is 3.91. The first-order chi connectivity index (χ1) is 12.1. The molecule has 0 saturated heterocycles. The van der Waals surface area contributed by atoms with Crippen LogP contribution >= 0.6 is 11.8 Å². The van der Waals surface area contributed by atoms with Gasteiger partial charge in [0.25, 0.3) is 5.91 Å². The number of thioether (sulfide) groups is 1. The highest BCUT2D eigenvalue weighted by Gasteiger charge is 2.38. The van der Waals surface area contributed by atoms with Gasteiger partial charge < -0.3 is 10.0 Å². The van der Waals surface area contributed by atoms with Gasteiger partial charge >= 0.3 is 0 Å². The number of amides is 1. The Morgan fingerprint density at radius 3 is 2.44 bits per heavy atom. The topological polar surface area (TPSA) is 40.5 Å². The molecule has 1 N–H and O–H groups in total. The summed E-state index contributed by atoms with van der Waals surface area (Å²) in [6, 6.07) is 16.2. The van der Waals surface area contributed by atoms with E-state index in [2.05, 4.69) is 30.5 Å². The number of carbonyl (C=O) groups is 1. The Balaban J connectivity index is 1.76. The van der Waals surface area contributed by atoms with Gasteiger partial charge in [-0.3, -0.25) is 4.79 Å². The number of nitrogens with zero attached hydrogens (tertiary/aromatic N) is 1. The minimum absolute atomic E-state index is 0.0160. The van der Waals surface area contributed by atoms with Gasteiger partial charge in [-0.2, -0.15) is 0 Å². The molecule has 132 valence electrons. The van der Waals surface area contributed by atoms with Crippen LogP contribution in [0.3, 0.4) is 0 Å². The number of benzene rings is 2. The fourth-order valence-electron chi connectivity index (χ4n) is 3.45. The SMILES string of the molecule is CSc1ccc(-c2cccc(C(=O)N(C)CC3(CO)CCC3)c2)cc1. The molecular formula is C21H25NO2S. The Morgan fingerprint density at radius 2 is 1.88 bits per heavy atom. The maximum absolute atomic E-state index is 12.8. The van der Waals surface area contributed by atoms with Crippen molar-refractivity contribution in [2.75, 3.05) is 26.5 Å². The van der Waals surface area contributed by atoms with Gasteiger partial charge in [-0.15, -0.1) is 11.8 Å². The quantitative estimate of drug-likeness (QED) is 0.785. The summed E-state index contributed by atoms with van der Waals surface area (Å²) in [6.07, 6.45) is 5.21. The van der Waals surface area contributed by atoms with Gasteiger partial charge in [0.1, 0.15) is 0 Å². The van der Waals surface area contributed by atoms with E-state index in [-0.39, 0.29) is 17.9 Å². The summed E-state index contributed by atoms with van der Waals surface area (Å²) in [7, 11) is 1.83. The molecule has 0 aliphatic heterocycles. The molecule has 0 atom stereocenters. The van der Waals surface area contributed by atoms with Crippen molar-refractivity contribution in [2.45, 2.75) is 24.2 Å². The van der Waals surface area contributed by atoms with E-state index in [4.69, 9.17) is 0 Å². The van der Waals surface area contributed by atoms with E-state index in [1.807, 2.05) is 31.3 Å². The molecule has 3 nitrogen and oxygen atoms in total. The average molecular weight is 356 g/mol. The molecule has 2 aromatic rings. The van der Waals surface area contributed by atoms with Gasteiger partial charge in [0.05, 0.1) is 6.61 Å². The number of aliphatic hydroxyl groups excluding tert-OH is 1. The second kappa shape index (κ2) is 7.63. The van der Waals surface area contributed by atoms with Gasteiger partial charge in [-0.25, -0.2) is 0 Å². The predicted octanol–water partition coefficient (Wildman–Crippen LogP) is 4.31. The van der Waals surface area contributed by atoms with Crippen molar-refractivity contribution in [1.82, 2.24) is 4.90 Å². The second-order valence-electron chi connectivity index (χ2n) is 6.98. The Labute approximate surface area is 154 Å². The molecule has 3 rings (SSSR count). The lowest BCUT2D eigenvalue weighted by molar-refractivity contribution is 0.0146. The van der Waals surface area contributed by atoms with Crippen LogP contribution in [0.2, 0.25) is 0 Å². The van der Waals surface area contributed by atoms with Crippen molar-refractivity contribution in [3.63, 3.8) is 0 Å². The van der Waals surface area contributed by atoms with E-state index in [0.29, 0.717) is 12.1 Å². The van der Waals surface area contributed by atoms with E-state index in [9.17, 15) is 9.90 Å². The Hall–Kier alpha value is -1.78. The Morgan fingerprint density at radius 1 is 1.16 bits per heavy atom. The predicted molar refractivity (Wildman–Crippen MR) is 104 cm³/mol. The summed E-state index contributed by atoms with van der Waals surface area (Å²) in [4.78, 5) is 15.8. The van der Waals surface area contributed by atoms with Crippen LogP contribution in [0.4, 0.5) is 0 Å². The molecule has 1 amide bonds. The third-order valence-corrected chi connectivity index (χ3v) is 5.95. The van der Waals surface area contributed by atoms with Crippen LogP contribution in [0.15, 0.2) is 53.4 Å². The average Bonchev–Trinajstić information content (AvgIpc) is 2.64. The van der Waals surface area contributed by atoms with Crippen LogP contribution in [-0.2, 0) is 0 Å².